The Morgan fingerprint density at radius 2 is 2.35 bits per heavy atom. The second-order valence-electron chi connectivity index (χ2n) is 4.72. The Bertz CT molecular complexity index is 381. The SMILES string of the molecule is CC(C)c1nc(C(=O)N[C@H]2CCCNC2)n[nH]1. The molecule has 1 aromatic rings. The van der Waals surface area contributed by atoms with Crippen LogP contribution in [-0.4, -0.2) is 40.2 Å². The van der Waals surface area contributed by atoms with Crippen LogP contribution in [0.25, 0.3) is 0 Å². The first-order valence-electron chi connectivity index (χ1n) is 6.10. The summed E-state index contributed by atoms with van der Waals surface area (Å²) in [6, 6.07) is 0.192. The van der Waals surface area contributed by atoms with Gasteiger partial charge in [0.25, 0.3) is 5.91 Å². The van der Waals surface area contributed by atoms with Gasteiger partial charge >= 0.3 is 0 Å². The molecule has 1 aliphatic rings. The number of carbonyl (C=O) groups excluding carboxylic acids is 1. The maximum absolute atomic E-state index is 11.9. The van der Waals surface area contributed by atoms with Gasteiger partial charge in [-0.2, -0.15) is 0 Å². The first-order chi connectivity index (χ1) is 8.16. The van der Waals surface area contributed by atoms with Crippen LogP contribution in [0.3, 0.4) is 0 Å². The van der Waals surface area contributed by atoms with E-state index in [4.69, 9.17) is 0 Å². The standard InChI is InChI=1S/C11H19N5O/c1-7(2)9-14-10(16-15-9)11(17)13-8-4-3-5-12-6-8/h7-8,12H,3-6H2,1-2H3,(H,13,17)(H,14,15,16)/t8-/m0/s1. The monoisotopic (exact) mass is 237 g/mol. The van der Waals surface area contributed by atoms with Gasteiger partial charge in [-0.1, -0.05) is 13.8 Å². The van der Waals surface area contributed by atoms with Crippen LogP contribution in [0.15, 0.2) is 0 Å². The minimum atomic E-state index is -0.193. The minimum absolute atomic E-state index is 0.192. The molecule has 6 nitrogen and oxygen atoms in total. The van der Waals surface area contributed by atoms with E-state index in [1.807, 2.05) is 13.8 Å². The normalized spacial score (nSPS) is 20.5. The summed E-state index contributed by atoms with van der Waals surface area (Å²) in [4.78, 5) is 16.0. The van der Waals surface area contributed by atoms with E-state index in [1.54, 1.807) is 0 Å². The lowest BCUT2D eigenvalue weighted by molar-refractivity contribution is 0.0920. The minimum Gasteiger partial charge on any atom is -0.345 e. The third-order valence-electron chi connectivity index (χ3n) is 2.88. The Balaban J connectivity index is 1.94. The van der Waals surface area contributed by atoms with Crippen molar-refractivity contribution in [3.63, 3.8) is 0 Å². The number of aromatic nitrogens is 3. The van der Waals surface area contributed by atoms with Crippen molar-refractivity contribution < 1.29 is 4.79 Å². The van der Waals surface area contributed by atoms with Crippen molar-refractivity contribution in [1.29, 1.82) is 0 Å². The van der Waals surface area contributed by atoms with E-state index < -0.39 is 0 Å². The van der Waals surface area contributed by atoms with Gasteiger partial charge in [0.05, 0.1) is 0 Å². The first kappa shape index (κ1) is 12.0. The third kappa shape index (κ3) is 3.03. The number of nitrogens with one attached hydrogen (secondary N) is 3. The molecule has 2 heterocycles. The molecule has 94 valence electrons. The molecular weight excluding hydrogens is 218 g/mol. The molecule has 1 amide bonds. The van der Waals surface area contributed by atoms with Gasteiger partial charge in [-0.15, -0.1) is 5.10 Å². The van der Waals surface area contributed by atoms with E-state index in [0.29, 0.717) is 0 Å². The average molecular weight is 237 g/mol. The number of hydrogen-bond acceptors (Lipinski definition) is 4. The average Bonchev–Trinajstić information content (AvgIpc) is 2.79. The van der Waals surface area contributed by atoms with E-state index in [9.17, 15) is 4.79 Å². The molecule has 1 fully saturated rings. The van der Waals surface area contributed by atoms with Gasteiger partial charge in [0.15, 0.2) is 0 Å². The first-order valence-corrected chi connectivity index (χ1v) is 6.10. The number of piperidine rings is 1. The number of rotatable bonds is 3. The van der Waals surface area contributed by atoms with E-state index >= 15 is 0 Å². The number of aromatic amines is 1. The van der Waals surface area contributed by atoms with Crippen molar-refractivity contribution in [3.05, 3.63) is 11.6 Å². The second-order valence-corrected chi connectivity index (χ2v) is 4.72. The van der Waals surface area contributed by atoms with Crippen LogP contribution in [-0.2, 0) is 0 Å². The molecule has 1 aromatic heterocycles. The largest absolute Gasteiger partial charge is 0.345 e. The molecule has 1 saturated heterocycles. The van der Waals surface area contributed by atoms with Crippen LogP contribution in [0.4, 0.5) is 0 Å². The van der Waals surface area contributed by atoms with Crippen molar-refractivity contribution in [2.45, 2.75) is 38.6 Å². The molecule has 3 N–H and O–H groups in total. The maximum atomic E-state index is 11.9. The lowest BCUT2D eigenvalue weighted by atomic mass is 10.1. The quantitative estimate of drug-likeness (QED) is 0.711. The Hall–Kier alpha value is -1.43. The molecule has 2 rings (SSSR count). The molecule has 0 radical (unpaired) electrons. The summed E-state index contributed by atoms with van der Waals surface area (Å²) in [5.41, 5.74) is 0. The summed E-state index contributed by atoms with van der Waals surface area (Å²) in [5, 5.41) is 12.9. The highest BCUT2D eigenvalue weighted by Crippen LogP contribution is 2.08. The predicted octanol–water partition coefficient (Wildman–Crippen LogP) is 0.410. The van der Waals surface area contributed by atoms with Gasteiger partial charge in [0, 0.05) is 18.5 Å². The van der Waals surface area contributed by atoms with Crippen molar-refractivity contribution in [3.8, 4) is 0 Å². The number of hydrogen-bond donors (Lipinski definition) is 3. The second kappa shape index (κ2) is 5.27. The van der Waals surface area contributed by atoms with Gasteiger partial charge in [0.2, 0.25) is 5.82 Å². The van der Waals surface area contributed by atoms with E-state index in [2.05, 4.69) is 25.8 Å². The summed E-state index contributed by atoms with van der Waals surface area (Å²) in [5.74, 6) is 1.04. The highest BCUT2D eigenvalue weighted by Gasteiger charge is 2.19. The molecule has 1 aliphatic heterocycles. The molecule has 0 spiro atoms. The molecule has 0 unspecified atom stereocenters. The molecule has 0 bridgehead atoms. The lowest BCUT2D eigenvalue weighted by Gasteiger charge is -2.23. The predicted molar refractivity (Wildman–Crippen MR) is 63.8 cm³/mol. The van der Waals surface area contributed by atoms with Gasteiger partial charge < -0.3 is 10.6 Å². The van der Waals surface area contributed by atoms with Crippen LogP contribution < -0.4 is 10.6 Å². The Morgan fingerprint density at radius 3 is 2.94 bits per heavy atom. The summed E-state index contributed by atoms with van der Waals surface area (Å²) < 4.78 is 0. The number of nitrogens with zero attached hydrogens (tertiary/aromatic N) is 2. The highest BCUT2D eigenvalue weighted by atomic mass is 16.2. The topological polar surface area (TPSA) is 82.7 Å². The van der Waals surface area contributed by atoms with E-state index in [-0.39, 0.29) is 23.7 Å². The Labute approximate surface area is 101 Å². The van der Waals surface area contributed by atoms with Crippen molar-refractivity contribution in [2.24, 2.45) is 0 Å². The van der Waals surface area contributed by atoms with Gasteiger partial charge in [-0.05, 0) is 19.4 Å². The summed E-state index contributed by atoms with van der Waals surface area (Å²) in [6.07, 6.45) is 2.11. The maximum Gasteiger partial charge on any atom is 0.291 e. The Kier molecular flexibility index (Phi) is 3.73. The summed E-state index contributed by atoms with van der Waals surface area (Å²) in [6.45, 7) is 5.87. The van der Waals surface area contributed by atoms with E-state index in [0.717, 1.165) is 31.8 Å². The summed E-state index contributed by atoms with van der Waals surface area (Å²) >= 11 is 0. The fourth-order valence-electron chi connectivity index (χ4n) is 1.86. The van der Waals surface area contributed by atoms with Crippen LogP contribution in [0.1, 0.15) is 49.1 Å². The zero-order valence-electron chi connectivity index (χ0n) is 10.3. The van der Waals surface area contributed by atoms with Crippen LogP contribution in [0, 0.1) is 0 Å². The molecule has 1 atom stereocenters. The molecule has 0 saturated carbocycles. The number of carbonyl (C=O) groups is 1. The van der Waals surface area contributed by atoms with Crippen molar-refractivity contribution >= 4 is 5.91 Å². The van der Waals surface area contributed by atoms with Crippen molar-refractivity contribution in [2.75, 3.05) is 13.1 Å². The van der Waals surface area contributed by atoms with Crippen LogP contribution in [0.2, 0.25) is 0 Å². The molecule has 0 aliphatic carbocycles. The molecule has 17 heavy (non-hydrogen) atoms. The number of amides is 1. The molecule has 0 aromatic carbocycles. The smallest absolute Gasteiger partial charge is 0.291 e. The Morgan fingerprint density at radius 1 is 1.53 bits per heavy atom. The zero-order valence-corrected chi connectivity index (χ0v) is 10.3. The van der Waals surface area contributed by atoms with E-state index in [1.165, 1.54) is 0 Å². The zero-order chi connectivity index (χ0) is 12.3. The van der Waals surface area contributed by atoms with Crippen LogP contribution in [0.5, 0.6) is 0 Å². The fourth-order valence-corrected chi connectivity index (χ4v) is 1.86. The lowest BCUT2D eigenvalue weighted by Crippen LogP contribution is -2.45. The van der Waals surface area contributed by atoms with Gasteiger partial charge in [-0.25, -0.2) is 4.98 Å². The highest BCUT2D eigenvalue weighted by molar-refractivity contribution is 5.90. The van der Waals surface area contributed by atoms with Gasteiger partial charge in [-0.3, -0.25) is 9.89 Å². The summed E-state index contributed by atoms with van der Waals surface area (Å²) in [7, 11) is 0. The molecule has 6 heteroatoms. The van der Waals surface area contributed by atoms with Crippen LogP contribution >= 0.6 is 0 Å². The third-order valence-corrected chi connectivity index (χ3v) is 2.88. The van der Waals surface area contributed by atoms with Gasteiger partial charge in [0.1, 0.15) is 5.82 Å². The fraction of sp³-hybridized carbons (Fsp3) is 0.727. The molecular formula is C11H19N5O. The number of H-pyrrole nitrogens is 1. The van der Waals surface area contributed by atoms with Crippen molar-refractivity contribution in [1.82, 2.24) is 25.8 Å².